The van der Waals surface area contributed by atoms with Gasteiger partial charge in [0.25, 0.3) is 0 Å². The lowest BCUT2D eigenvalue weighted by atomic mass is 9.60. The molecule has 0 bridgehead atoms. The Labute approximate surface area is 144 Å². The number of aliphatic hydroxyl groups excluding tert-OH is 1. The van der Waals surface area contributed by atoms with Crippen molar-refractivity contribution >= 4 is 11.0 Å². The summed E-state index contributed by atoms with van der Waals surface area (Å²) >= 11 is 0. The maximum absolute atomic E-state index is 9.26. The van der Waals surface area contributed by atoms with Gasteiger partial charge in [-0.25, -0.2) is 0 Å². The van der Waals surface area contributed by atoms with Crippen molar-refractivity contribution < 1.29 is 14.3 Å². The summed E-state index contributed by atoms with van der Waals surface area (Å²) in [4.78, 5) is 0. The summed E-state index contributed by atoms with van der Waals surface area (Å²) in [7, 11) is 1.67. The molecule has 0 amide bonds. The Hall–Kier alpha value is -1.52. The van der Waals surface area contributed by atoms with Crippen molar-refractivity contribution in [3.05, 3.63) is 30.0 Å². The summed E-state index contributed by atoms with van der Waals surface area (Å²) < 4.78 is 11.4. The Morgan fingerprint density at radius 1 is 1.33 bits per heavy atom. The first-order chi connectivity index (χ1) is 11.6. The van der Waals surface area contributed by atoms with E-state index in [1.54, 1.807) is 7.11 Å². The monoisotopic (exact) mass is 331 g/mol. The van der Waals surface area contributed by atoms with Crippen LogP contribution in [-0.4, -0.2) is 25.4 Å². The minimum atomic E-state index is 0.154. The molecule has 0 saturated heterocycles. The molecular weight excluding hydrogens is 302 g/mol. The van der Waals surface area contributed by atoms with Gasteiger partial charge in [-0.3, -0.25) is 0 Å². The zero-order valence-electron chi connectivity index (χ0n) is 15.0. The third-order valence-electron chi connectivity index (χ3n) is 5.89. The van der Waals surface area contributed by atoms with Gasteiger partial charge in [0.1, 0.15) is 5.76 Å². The summed E-state index contributed by atoms with van der Waals surface area (Å²) in [5.41, 5.74) is 1.15. The van der Waals surface area contributed by atoms with Crippen LogP contribution < -0.4 is 10.1 Å². The first-order valence-electron chi connectivity index (χ1n) is 9.00. The minimum Gasteiger partial charge on any atom is -0.493 e. The molecule has 0 radical (unpaired) electrons. The quantitative estimate of drug-likeness (QED) is 0.758. The second-order valence-electron chi connectivity index (χ2n) is 7.26. The number of hydrogen-bond donors (Lipinski definition) is 2. The third kappa shape index (κ3) is 3.17. The molecule has 4 nitrogen and oxygen atoms in total. The van der Waals surface area contributed by atoms with Crippen LogP contribution in [0.15, 0.2) is 28.7 Å². The van der Waals surface area contributed by atoms with Crippen LogP contribution in [0, 0.1) is 11.3 Å². The van der Waals surface area contributed by atoms with Gasteiger partial charge in [0.05, 0.1) is 13.2 Å². The fourth-order valence-electron chi connectivity index (χ4n) is 3.86. The number of benzene rings is 1. The highest BCUT2D eigenvalue weighted by atomic mass is 16.5. The highest BCUT2D eigenvalue weighted by Gasteiger charge is 2.41. The van der Waals surface area contributed by atoms with Gasteiger partial charge in [-0.1, -0.05) is 25.5 Å². The standard InChI is InChI=1S/C20H29NO3/c1-14(8-11-22)20(9-5-10-20)13-21-15(2)18-12-16-6-4-7-17(23-3)19(16)24-18/h4,6-7,12,14-15,21-22H,5,8-11,13H2,1-3H3. The van der Waals surface area contributed by atoms with E-state index in [0.29, 0.717) is 11.3 Å². The molecule has 1 saturated carbocycles. The topological polar surface area (TPSA) is 54.6 Å². The number of methoxy groups -OCH3 is 1. The second-order valence-corrected chi connectivity index (χ2v) is 7.26. The maximum atomic E-state index is 9.26. The maximum Gasteiger partial charge on any atom is 0.176 e. The average Bonchev–Trinajstić information content (AvgIpc) is 2.98. The predicted molar refractivity (Wildman–Crippen MR) is 96.3 cm³/mol. The summed E-state index contributed by atoms with van der Waals surface area (Å²) in [6.45, 7) is 5.67. The number of para-hydroxylation sites is 1. The molecule has 2 unspecified atom stereocenters. The van der Waals surface area contributed by atoms with Crippen LogP contribution in [0.1, 0.15) is 51.3 Å². The zero-order valence-corrected chi connectivity index (χ0v) is 15.0. The number of rotatable bonds is 8. The Balaban J connectivity index is 1.70. The van der Waals surface area contributed by atoms with Crippen LogP contribution in [0.25, 0.3) is 11.0 Å². The molecule has 132 valence electrons. The molecule has 1 aliphatic carbocycles. The molecule has 2 N–H and O–H groups in total. The van der Waals surface area contributed by atoms with Crippen LogP contribution >= 0.6 is 0 Å². The van der Waals surface area contributed by atoms with E-state index in [9.17, 15) is 5.11 Å². The summed E-state index contributed by atoms with van der Waals surface area (Å²) in [5, 5.41) is 14.0. The number of fused-ring (bicyclic) bond motifs is 1. The lowest BCUT2D eigenvalue weighted by Gasteiger charge is -2.47. The van der Waals surface area contributed by atoms with E-state index in [1.807, 2.05) is 18.2 Å². The van der Waals surface area contributed by atoms with Crippen LogP contribution in [-0.2, 0) is 0 Å². The second kappa shape index (κ2) is 7.16. The van der Waals surface area contributed by atoms with Crippen molar-refractivity contribution in [1.29, 1.82) is 0 Å². The largest absolute Gasteiger partial charge is 0.493 e. The lowest BCUT2D eigenvalue weighted by molar-refractivity contribution is 0.0399. The Kier molecular flexibility index (Phi) is 5.16. The average molecular weight is 331 g/mol. The molecule has 1 aliphatic rings. The number of aliphatic hydroxyl groups is 1. The van der Waals surface area contributed by atoms with Gasteiger partial charge < -0.3 is 19.6 Å². The molecule has 4 heteroatoms. The van der Waals surface area contributed by atoms with Crippen molar-refractivity contribution in [3.63, 3.8) is 0 Å². The van der Waals surface area contributed by atoms with Crippen molar-refractivity contribution in [2.75, 3.05) is 20.3 Å². The van der Waals surface area contributed by atoms with Crippen LogP contribution in [0.5, 0.6) is 5.75 Å². The van der Waals surface area contributed by atoms with Crippen molar-refractivity contribution in [2.24, 2.45) is 11.3 Å². The number of ether oxygens (including phenoxy) is 1. The Morgan fingerprint density at radius 2 is 2.12 bits per heavy atom. The van der Waals surface area contributed by atoms with Crippen LogP contribution in [0.3, 0.4) is 0 Å². The van der Waals surface area contributed by atoms with E-state index < -0.39 is 0 Å². The molecule has 2 aromatic rings. The van der Waals surface area contributed by atoms with Crippen LogP contribution in [0.4, 0.5) is 0 Å². The predicted octanol–water partition coefficient (Wildman–Crippen LogP) is 4.28. The number of nitrogens with one attached hydrogen (secondary N) is 1. The summed E-state index contributed by atoms with van der Waals surface area (Å²) in [5.74, 6) is 2.27. The minimum absolute atomic E-state index is 0.154. The fourth-order valence-corrected chi connectivity index (χ4v) is 3.86. The van der Waals surface area contributed by atoms with E-state index in [-0.39, 0.29) is 12.6 Å². The van der Waals surface area contributed by atoms with E-state index in [0.717, 1.165) is 35.4 Å². The highest BCUT2D eigenvalue weighted by Crippen LogP contribution is 2.48. The third-order valence-corrected chi connectivity index (χ3v) is 5.89. The van der Waals surface area contributed by atoms with Gasteiger partial charge in [-0.15, -0.1) is 0 Å². The first kappa shape index (κ1) is 17.3. The molecule has 1 heterocycles. The Morgan fingerprint density at radius 3 is 2.75 bits per heavy atom. The molecule has 3 rings (SSSR count). The number of furan rings is 1. The zero-order chi connectivity index (χ0) is 17.2. The SMILES string of the molecule is COc1cccc2cc(C(C)NCC3(C(C)CCO)CCC3)oc12. The molecule has 1 aromatic heterocycles. The molecule has 0 spiro atoms. The molecule has 24 heavy (non-hydrogen) atoms. The van der Waals surface area contributed by atoms with E-state index in [1.165, 1.54) is 19.3 Å². The normalized spacial score (nSPS) is 19.0. The summed E-state index contributed by atoms with van der Waals surface area (Å²) in [6.07, 6.45) is 4.69. The van der Waals surface area contributed by atoms with Gasteiger partial charge >= 0.3 is 0 Å². The highest BCUT2D eigenvalue weighted by molar-refractivity contribution is 5.83. The lowest BCUT2D eigenvalue weighted by Crippen LogP contribution is -2.45. The van der Waals surface area contributed by atoms with E-state index in [2.05, 4.69) is 25.2 Å². The Bertz CT molecular complexity index is 675. The smallest absolute Gasteiger partial charge is 0.176 e. The molecule has 0 aliphatic heterocycles. The van der Waals surface area contributed by atoms with Gasteiger partial charge in [0.2, 0.25) is 0 Å². The molecular formula is C20H29NO3. The molecule has 2 atom stereocenters. The van der Waals surface area contributed by atoms with Crippen molar-refractivity contribution in [3.8, 4) is 5.75 Å². The van der Waals surface area contributed by atoms with E-state index in [4.69, 9.17) is 9.15 Å². The molecule has 1 fully saturated rings. The van der Waals surface area contributed by atoms with Crippen molar-refractivity contribution in [2.45, 2.75) is 45.6 Å². The van der Waals surface area contributed by atoms with Crippen LogP contribution in [0.2, 0.25) is 0 Å². The first-order valence-corrected chi connectivity index (χ1v) is 9.00. The van der Waals surface area contributed by atoms with Gasteiger partial charge in [-0.2, -0.15) is 0 Å². The molecule has 1 aromatic carbocycles. The van der Waals surface area contributed by atoms with Gasteiger partial charge in [-0.05, 0) is 49.7 Å². The van der Waals surface area contributed by atoms with Crippen molar-refractivity contribution in [1.82, 2.24) is 5.32 Å². The summed E-state index contributed by atoms with van der Waals surface area (Å²) in [6, 6.07) is 8.21. The van der Waals surface area contributed by atoms with Gasteiger partial charge in [0.15, 0.2) is 11.3 Å². The fraction of sp³-hybridized carbons (Fsp3) is 0.600. The van der Waals surface area contributed by atoms with E-state index >= 15 is 0 Å². The number of hydrogen-bond acceptors (Lipinski definition) is 4. The van der Waals surface area contributed by atoms with Gasteiger partial charge in [0, 0.05) is 18.5 Å².